The van der Waals surface area contributed by atoms with E-state index in [4.69, 9.17) is 18.0 Å². The summed E-state index contributed by atoms with van der Waals surface area (Å²) in [5, 5.41) is 18.9. The number of nitrogens with two attached hydrogens (primary N) is 1. The van der Waals surface area contributed by atoms with Crippen LogP contribution in [0.15, 0.2) is 12.4 Å². The number of thiocarbonyl (C=S) groups is 1. The number of hydrogen-bond donors (Lipinski definition) is 3. The molecule has 0 bridgehead atoms. The molecule has 2 unspecified atom stereocenters. The van der Waals surface area contributed by atoms with Crippen molar-refractivity contribution in [3.63, 3.8) is 0 Å². The van der Waals surface area contributed by atoms with Crippen molar-refractivity contribution in [2.75, 3.05) is 18.0 Å². The Bertz CT molecular complexity index is 404. The zero-order valence-corrected chi connectivity index (χ0v) is 9.26. The van der Waals surface area contributed by atoms with Crippen molar-refractivity contribution < 1.29 is 10.2 Å². The van der Waals surface area contributed by atoms with Crippen LogP contribution in [-0.2, 0) is 0 Å². The molecule has 1 saturated heterocycles. The number of rotatable bonds is 2. The Labute approximate surface area is 97.7 Å². The maximum Gasteiger partial charge on any atom is 0.157 e. The summed E-state index contributed by atoms with van der Waals surface area (Å²) in [6.45, 7) is 0.602. The van der Waals surface area contributed by atoms with Crippen LogP contribution in [0.4, 0.5) is 5.82 Å². The average molecular weight is 240 g/mol. The first kappa shape index (κ1) is 11.2. The molecule has 7 heteroatoms. The minimum atomic E-state index is -0.777. The van der Waals surface area contributed by atoms with Gasteiger partial charge in [-0.2, -0.15) is 0 Å². The monoisotopic (exact) mass is 240 g/mol. The molecule has 0 saturated carbocycles. The van der Waals surface area contributed by atoms with Crippen LogP contribution < -0.4 is 10.6 Å². The van der Waals surface area contributed by atoms with Crippen LogP contribution in [0.5, 0.6) is 0 Å². The molecule has 1 aliphatic heterocycles. The zero-order chi connectivity index (χ0) is 11.7. The maximum absolute atomic E-state index is 9.45. The second kappa shape index (κ2) is 4.28. The van der Waals surface area contributed by atoms with E-state index in [0.29, 0.717) is 24.6 Å². The van der Waals surface area contributed by atoms with E-state index in [1.165, 1.54) is 12.4 Å². The van der Waals surface area contributed by atoms with Gasteiger partial charge in [0, 0.05) is 25.5 Å². The van der Waals surface area contributed by atoms with E-state index in [1.54, 1.807) is 4.90 Å². The Morgan fingerprint density at radius 1 is 1.31 bits per heavy atom. The van der Waals surface area contributed by atoms with E-state index >= 15 is 0 Å². The highest BCUT2D eigenvalue weighted by Gasteiger charge is 2.31. The van der Waals surface area contributed by atoms with Gasteiger partial charge in [-0.05, 0) is 0 Å². The van der Waals surface area contributed by atoms with E-state index in [1.807, 2.05) is 0 Å². The molecule has 1 aromatic rings. The fourth-order valence-electron chi connectivity index (χ4n) is 1.68. The minimum absolute atomic E-state index is 0.152. The van der Waals surface area contributed by atoms with Gasteiger partial charge in [0.05, 0.1) is 12.2 Å². The summed E-state index contributed by atoms with van der Waals surface area (Å²) in [7, 11) is 0. The summed E-state index contributed by atoms with van der Waals surface area (Å²) in [5.41, 5.74) is 5.94. The van der Waals surface area contributed by atoms with E-state index in [9.17, 15) is 10.2 Å². The highest BCUT2D eigenvalue weighted by Crippen LogP contribution is 2.20. The number of aliphatic hydroxyl groups is 2. The molecule has 0 radical (unpaired) electrons. The Morgan fingerprint density at radius 2 is 1.88 bits per heavy atom. The lowest BCUT2D eigenvalue weighted by molar-refractivity contribution is 0.0572. The van der Waals surface area contributed by atoms with Gasteiger partial charge in [-0.25, -0.2) is 9.97 Å². The molecule has 0 aliphatic carbocycles. The SMILES string of the molecule is NC(=S)c1nccnc1N1CC(O)C(O)C1. The largest absolute Gasteiger partial charge is 0.389 e. The lowest BCUT2D eigenvalue weighted by atomic mass is 10.3. The summed E-state index contributed by atoms with van der Waals surface area (Å²) in [6, 6.07) is 0. The molecule has 0 aromatic carbocycles. The lowest BCUT2D eigenvalue weighted by Gasteiger charge is -2.18. The van der Waals surface area contributed by atoms with Gasteiger partial charge in [0.2, 0.25) is 0 Å². The summed E-state index contributed by atoms with van der Waals surface area (Å²) < 4.78 is 0. The molecular formula is C9H12N4O2S. The lowest BCUT2D eigenvalue weighted by Crippen LogP contribution is -2.26. The molecule has 2 atom stereocenters. The summed E-state index contributed by atoms with van der Waals surface area (Å²) in [6.07, 6.45) is 1.47. The van der Waals surface area contributed by atoms with Gasteiger partial charge in [-0.15, -0.1) is 0 Å². The number of nitrogens with zero attached hydrogens (tertiary/aromatic N) is 3. The molecule has 86 valence electrons. The quantitative estimate of drug-likeness (QED) is 0.550. The van der Waals surface area contributed by atoms with Gasteiger partial charge in [0.25, 0.3) is 0 Å². The second-order valence-electron chi connectivity index (χ2n) is 3.63. The first-order chi connectivity index (χ1) is 7.59. The fraction of sp³-hybridized carbons (Fsp3) is 0.444. The van der Waals surface area contributed by atoms with Gasteiger partial charge in [0.15, 0.2) is 5.82 Å². The van der Waals surface area contributed by atoms with E-state index < -0.39 is 12.2 Å². The number of aliphatic hydroxyl groups excluding tert-OH is 2. The van der Waals surface area contributed by atoms with Crippen LogP contribution in [0.2, 0.25) is 0 Å². The molecule has 0 amide bonds. The smallest absolute Gasteiger partial charge is 0.157 e. The zero-order valence-electron chi connectivity index (χ0n) is 8.45. The first-order valence-electron chi connectivity index (χ1n) is 4.81. The normalized spacial score (nSPS) is 24.8. The number of hydrogen-bond acceptors (Lipinski definition) is 6. The third kappa shape index (κ3) is 1.97. The van der Waals surface area contributed by atoms with Crippen LogP contribution in [-0.4, -0.2) is 50.5 Å². The highest BCUT2D eigenvalue weighted by molar-refractivity contribution is 7.80. The van der Waals surface area contributed by atoms with Gasteiger partial charge in [-0.1, -0.05) is 12.2 Å². The number of aromatic nitrogens is 2. The third-order valence-corrected chi connectivity index (χ3v) is 2.66. The Balaban J connectivity index is 2.31. The molecule has 1 aromatic heterocycles. The maximum atomic E-state index is 9.45. The number of β-amino-alcohol motifs (C(OH)–C–C–N with tert-alkyl or cyclic N) is 2. The van der Waals surface area contributed by atoms with Gasteiger partial charge in [-0.3, -0.25) is 0 Å². The molecule has 6 nitrogen and oxygen atoms in total. The van der Waals surface area contributed by atoms with Crippen molar-refractivity contribution in [2.45, 2.75) is 12.2 Å². The van der Waals surface area contributed by atoms with Gasteiger partial charge in [0.1, 0.15) is 10.7 Å². The van der Waals surface area contributed by atoms with Crippen molar-refractivity contribution in [2.24, 2.45) is 5.73 Å². The van der Waals surface area contributed by atoms with Crippen molar-refractivity contribution in [1.29, 1.82) is 0 Å². The van der Waals surface area contributed by atoms with Crippen LogP contribution in [0, 0.1) is 0 Å². The van der Waals surface area contributed by atoms with Crippen molar-refractivity contribution in [3.8, 4) is 0 Å². The fourth-order valence-corrected chi connectivity index (χ4v) is 1.82. The van der Waals surface area contributed by atoms with Crippen LogP contribution in [0.1, 0.15) is 5.69 Å². The Morgan fingerprint density at radius 3 is 2.44 bits per heavy atom. The summed E-state index contributed by atoms with van der Waals surface area (Å²) in [5.74, 6) is 0.505. The predicted octanol–water partition coefficient (Wildman–Crippen LogP) is -1.35. The third-order valence-electron chi connectivity index (χ3n) is 2.47. The molecule has 2 heterocycles. The van der Waals surface area contributed by atoms with E-state index in [2.05, 4.69) is 9.97 Å². The second-order valence-corrected chi connectivity index (χ2v) is 4.07. The number of anilines is 1. The molecule has 2 rings (SSSR count). The van der Waals surface area contributed by atoms with Crippen molar-refractivity contribution in [3.05, 3.63) is 18.1 Å². The molecule has 1 aliphatic rings. The molecular weight excluding hydrogens is 228 g/mol. The van der Waals surface area contributed by atoms with Crippen molar-refractivity contribution in [1.82, 2.24) is 9.97 Å². The van der Waals surface area contributed by atoms with Gasteiger partial charge >= 0.3 is 0 Å². The minimum Gasteiger partial charge on any atom is -0.389 e. The first-order valence-corrected chi connectivity index (χ1v) is 5.22. The Hall–Kier alpha value is -1.31. The predicted molar refractivity (Wildman–Crippen MR) is 62.1 cm³/mol. The Kier molecular flexibility index (Phi) is 2.99. The summed E-state index contributed by atoms with van der Waals surface area (Å²) in [4.78, 5) is 10.0. The molecule has 4 N–H and O–H groups in total. The topological polar surface area (TPSA) is 95.5 Å². The van der Waals surface area contributed by atoms with Crippen LogP contribution in [0.25, 0.3) is 0 Å². The van der Waals surface area contributed by atoms with E-state index in [0.717, 1.165) is 0 Å². The standard InChI is InChI=1S/C9H12N4O2S/c10-8(16)7-9(12-2-1-11-7)13-3-5(14)6(15)4-13/h1-2,5-6,14-15H,3-4H2,(H2,10,16). The highest BCUT2D eigenvalue weighted by atomic mass is 32.1. The molecule has 0 spiro atoms. The molecule has 1 fully saturated rings. The van der Waals surface area contributed by atoms with Gasteiger partial charge < -0.3 is 20.8 Å². The van der Waals surface area contributed by atoms with Crippen LogP contribution >= 0.6 is 12.2 Å². The summed E-state index contributed by atoms with van der Waals surface area (Å²) >= 11 is 4.87. The molecule has 16 heavy (non-hydrogen) atoms. The van der Waals surface area contributed by atoms with Crippen molar-refractivity contribution >= 4 is 23.0 Å². The average Bonchev–Trinajstić information content (AvgIpc) is 2.59. The van der Waals surface area contributed by atoms with Crippen LogP contribution in [0.3, 0.4) is 0 Å². The van der Waals surface area contributed by atoms with E-state index in [-0.39, 0.29) is 4.99 Å².